The Balaban J connectivity index is 1.73. The van der Waals surface area contributed by atoms with Crippen LogP contribution in [0, 0.1) is 11.7 Å². The number of halogens is 2. The first-order chi connectivity index (χ1) is 15.1. The van der Waals surface area contributed by atoms with Crippen molar-refractivity contribution in [2.45, 2.75) is 19.1 Å². The summed E-state index contributed by atoms with van der Waals surface area (Å²) >= 11 is 5.76. The first-order valence-electron chi connectivity index (χ1n) is 9.91. The largest absolute Gasteiger partial charge is 0.502 e. The van der Waals surface area contributed by atoms with Crippen molar-refractivity contribution >= 4 is 23.4 Å². The molecule has 2 aliphatic heterocycles. The molecule has 11 heteroatoms. The van der Waals surface area contributed by atoms with Gasteiger partial charge in [0, 0.05) is 38.3 Å². The molecule has 4 rings (SSSR count). The van der Waals surface area contributed by atoms with Gasteiger partial charge in [0.05, 0.1) is 18.2 Å². The van der Waals surface area contributed by atoms with Crippen molar-refractivity contribution in [2.75, 3.05) is 32.3 Å². The minimum atomic E-state index is -0.998. The normalized spacial score (nSPS) is 22.4. The lowest BCUT2D eigenvalue weighted by atomic mass is 9.94. The maximum atomic E-state index is 14.1. The van der Waals surface area contributed by atoms with Gasteiger partial charge in [-0.15, -0.1) is 0 Å². The van der Waals surface area contributed by atoms with Gasteiger partial charge in [0.2, 0.25) is 5.43 Å². The van der Waals surface area contributed by atoms with Crippen molar-refractivity contribution in [2.24, 2.45) is 5.92 Å². The maximum absolute atomic E-state index is 14.1. The summed E-state index contributed by atoms with van der Waals surface area (Å²) in [5.41, 5.74) is -2.36. The molecule has 0 bridgehead atoms. The molecule has 2 aromatic rings. The zero-order valence-electron chi connectivity index (χ0n) is 17.7. The summed E-state index contributed by atoms with van der Waals surface area (Å²) in [6, 6.07) is 4.36. The van der Waals surface area contributed by atoms with Gasteiger partial charge in [-0.1, -0.05) is 30.7 Å². The van der Waals surface area contributed by atoms with Crippen LogP contribution >= 0.6 is 11.6 Å². The molecular weight excluding hydrogens is 443 g/mol. The Kier molecular flexibility index (Phi) is 5.38. The molecule has 3 heterocycles. The fraction of sp³-hybridized carbons (Fsp3) is 0.381. The summed E-state index contributed by atoms with van der Waals surface area (Å²) in [6.07, 6.45) is 1.21. The van der Waals surface area contributed by atoms with E-state index in [2.05, 4.69) is 5.32 Å². The molecule has 2 unspecified atom stereocenters. The van der Waals surface area contributed by atoms with Crippen LogP contribution in [0.3, 0.4) is 0 Å². The van der Waals surface area contributed by atoms with Crippen molar-refractivity contribution < 1.29 is 23.8 Å². The van der Waals surface area contributed by atoms with Crippen molar-refractivity contribution in [3.05, 3.63) is 62.3 Å². The Morgan fingerprint density at radius 1 is 1.38 bits per heavy atom. The fourth-order valence-corrected chi connectivity index (χ4v) is 4.58. The van der Waals surface area contributed by atoms with Crippen LogP contribution in [-0.4, -0.2) is 59.5 Å². The lowest BCUT2D eigenvalue weighted by molar-refractivity contribution is 0.0243. The number of nitrogens with one attached hydrogen (secondary N) is 1. The molecule has 1 fully saturated rings. The van der Waals surface area contributed by atoms with Gasteiger partial charge >= 0.3 is 0 Å². The van der Waals surface area contributed by atoms with Crippen molar-refractivity contribution in [3.63, 3.8) is 0 Å². The van der Waals surface area contributed by atoms with E-state index < -0.39 is 34.5 Å². The summed E-state index contributed by atoms with van der Waals surface area (Å²) in [4.78, 5) is 40.0. The molecule has 2 atom stereocenters. The smallest absolute Gasteiger partial charge is 0.278 e. The van der Waals surface area contributed by atoms with Gasteiger partial charge in [-0.2, -0.15) is 0 Å². The third-order valence-corrected chi connectivity index (χ3v) is 6.62. The minimum absolute atomic E-state index is 0.0840. The van der Waals surface area contributed by atoms with Gasteiger partial charge in [-0.25, -0.2) is 4.39 Å². The Hall–Kier alpha value is -3.11. The monoisotopic (exact) mass is 464 g/mol. The number of ether oxygens (including phenoxy) is 1. The first kappa shape index (κ1) is 22.1. The highest BCUT2D eigenvalue weighted by Crippen LogP contribution is 2.38. The Labute approximate surface area is 187 Å². The minimum Gasteiger partial charge on any atom is -0.502 e. The van der Waals surface area contributed by atoms with Crippen LogP contribution in [0.15, 0.2) is 29.2 Å². The van der Waals surface area contributed by atoms with Crippen molar-refractivity contribution in [1.82, 2.24) is 14.9 Å². The topological polar surface area (TPSA) is 104 Å². The molecular formula is C21H22ClFN4O5. The van der Waals surface area contributed by atoms with Crippen LogP contribution in [0.2, 0.25) is 5.02 Å². The molecule has 0 saturated carbocycles. The van der Waals surface area contributed by atoms with Crippen molar-refractivity contribution in [1.29, 1.82) is 0 Å². The fourth-order valence-electron chi connectivity index (χ4n) is 4.38. The molecule has 2 N–H and O–H groups in total. The number of benzene rings is 1. The number of pyridine rings is 1. The number of carbonyl (C=O) groups is 2. The number of likely N-dealkylation sites (N-methyl/N-ethyl adjacent to an activating group) is 2. The Morgan fingerprint density at radius 3 is 2.75 bits per heavy atom. The van der Waals surface area contributed by atoms with Gasteiger partial charge in [0.25, 0.3) is 11.8 Å². The van der Waals surface area contributed by atoms with E-state index in [1.807, 2.05) is 6.92 Å². The Morgan fingerprint density at radius 2 is 2.09 bits per heavy atom. The van der Waals surface area contributed by atoms with Crippen LogP contribution < -0.4 is 15.8 Å². The van der Waals surface area contributed by atoms with E-state index in [9.17, 15) is 23.9 Å². The lowest BCUT2D eigenvalue weighted by Crippen LogP contribution is -2.71. The van der Waals surface area contributed by atoms with Crippen molar-refractivity contribution in [3.8, 4) is 5.75 Å². The molecule has 9 nitrogen and oxygen atoms in total. The molecule has 1 aromatic heterocycles. The van der Waals surface area contributed by atoms with Crippen LogP contribution in [0.5, 0.6) is 5.75 Å². The summed E-state index contributed by atoms with van der Waals surface area (Å²) in [5.74, 6) is -2.99. The van der Waals surface area contributed by atoms with E-state index in [1.165, 1.54) is 34.0 Å². The predicted octanol–water partition coefficient (Wildman–Crippen LogP) is 1.29. The van der Waals surface area contributed by atoms with E-state index in [-0.39, 0.29) is 40.9 Å². The summed E-state index contributed by atoms with van der Waals surface area (Å²) < 4.78 is 21.0. The number of fused-ring (bicyclic) bond motifs is 1. The third-order valence-electron chi connectivity index (χ3n) is 6.32. The average molecular weight is 465 g/mol. The second-order valence-electron chi connectivity index (χ2n) is 7.99. The molecule has 1 spiro atoms. The number of carbonyl (C=O) groups excluding carboxylic acids is 2. The standard InChI is InChI=1S/C21H22ClFN4O5/c1-11-9-32-10-21(11)25(2)20(31)16-18(29)17(28)13(8-27(16)26(21)3)19(30)24-7-12-5-4-6-14(22)15(12)23/h4-6,8,11,29H,7,9-10H2,1-3H3,(H,24,30). The van der Waals surface area contributed by atoms with E-state index in [0.29, 0.717) is 6.61 Å². The number of aromatic nitrogens is 1. The van der Waals surface area contributed by atoms with Gasteiger partial charge in [0.15, 0.2) is 17.1 Å². The summed E-state index contributed by atoms with van der Waals surface area (Å²) in [5, 5.41) is 14.6. The van der Waals surface area contributed by atoms with Gasteiger partial charge in [0.1, 0.15) is 11.4 Å². The van der Waals surface area contributed by atoms with E-state index in [0.717, 1.165) is 0 Å². The molecule has 1 saturated heterocycles. The number of hydrogen-bond acceptors (Lipinski definition) is 6. The van der Waals surface area contributed by atoms with Gasteiger partial charge in [-0.05, 0) is 6.07 Å². The summed E-state index contributed by atoms with van der Waals surface area (Å²) in [6.45, 7) is 2.34. The second kappa shape index (κ2) is 7.79. The molecule has 32 heavy (non-hydrogen) atoms. The first-order valence-corrected chi connectivity index (χ1v) is 10.3. The van der Waals surface area contributed by atoms with E-state index in [4.69, 9.17) is 16.3 Å². The highest BCUT2D eigenvalue weighted by Gasteiger charge is 2.54. The number of nitrogens with zero attached hydrogens (tertiary/aromatic N) is 3. The Bertz CT molecular complexity index is 1190. The highest BCUT2D eigenvalue weighted by molar-refractivity contribution is 6.30. The average Bonchev–Trinajstić information content (AvgIpc) is 3.15. The number of rotatable bonds is 3. The van der Waals surface area contributed by atoms with Crippen LogP contribution in [-0.2, 0) is 11.3 Å². The van der Waals surface area contributed by atoms with Crippen LogP contribution in [0.25, 0.3) is 0 Å². The molecule has 1 aromatic carbocycles. The third kappa shape index (κ3) is 3.05. The van der Waals surface area contributed by atoms with Crippen LogP contribution in [0.1, 0.15) is 33.3 Å². The van der Waals surface area contributed by atoms with Gasteiger partial charge < -0.3 is 20.1 Å². The molecule has 2 amide bonds. The van der Waals surface area contributed by atoms with Crippen LogP contribution in [0.4, 0.5) is 4.39 Å². The molecule has 170 valence electrons. The number of amides is 2. The maximum Gasteiger partial charge on any atom is 0.278 e. The lowest BCUT2D eigenvalue weighted by Gasteiger charge is -2.52. The summed E-state index contributed by atoms with van der Waals surface area (Å²) in [7, 11) is 3.27. The quantitative estimate of drug-likeness (QED) is 0.709. The molecule has 0 aliphatic carbocycles. The molecule has 0 radical (unpaired) electrons. The zero-order valence-corrected chi connectivity index (χ0v) is 18.4. The zero-order chi connectivity index (χ0) is 23.4. The predicted molar refractivity (Wildman–Crippen MR) is 114 cm³/mol. The second-order valence-corrected chi connectivity index (χ2v) is 8.40. The van der Waals surface area contributed by atoms with E-state index in [1.54, 1.807) is 19.1 Å². The molecule has 2 aliphatic rings. The van der Waals surface area contributed by atoms with Gasteiger partial charge in [-0.3, -0.25) is 24.1 Å². The van der Waals surface area contributed by atoms with E-state index >= 15 is 0 Å². The number of hydrogen-bond donors (Lipinski definition) is 2. The number of aromatic hydroxyl groups is 1. The highest BCUT2D eigenvalue weighted by atomic mass is 35.5. The SMILES string of the molecule is CC1COCC12N(C)C(=O)c1c(O)c(=O)c(C(=O)NCc3cccc(Cl)c3F)cn1N2C.